The summed E-state index contributed by atoms with van der Waals surface area (Å²) >= 11 is 0. The Labute approximate surface area is 150 Å². The van der Waals surface area contributed by atoms with Crippen LogP contribution in [0.4, 0.5) is 5.82 Å². The summed E-state index contributed by atoms with van der Waals surface area (Å²) in [6.45, 7) is 0. The summed E-state index contributed by atoms with van der Waals surface area (Å²) in [7, 11) is 2.95. The maximum absolute atomic E-state index is 12.7. The van der Waals surface area contributed by atoms with Crippen molar-refractivity contribution in [2.75, 3.05) is 19.5 Å². The number of esters is 1. The van der Waals surface area contributed by atoms with E-state index in [-0.39, 0.29) is 11.8 Å². The van der Waals surface area contributed by atoms with Crippen molar-refractivity contribution in [3.63, 3.8) is 0 Å². The predicted octanol–water partition coefficient (Wildman–Crippen LogP) is 2.70. The van der Waals surface area contributed by atoms with Gasteiger partial charge in [0.25, 0.3) is 0 Å². The number of aromatic nitrogens is 2. The zero-order chi connectivity index (χ0) is 18.3. The van der Waals surface area contributed by atoms with Crippen LogP contribution in [-0.4, -0.2) is 35.8 Å². The summed E-state index contributed by atoms with van der Waals surface area (Å²) in [5.41, 5.74) is 2.85. The van der Waals surface area contributed by atoms with E-state index < -0.39 is 5.97 Å². The van der Waals surface area contributed by atoms with Crippen LogP contribution >= 0.6 is 0 Å². The standard InChI is InChI=1S/C19H19N3O4/c1-25-12-8-6-11(7-9-12)17-16-14(4-3-5-15(16)23)21-18-13(19(24)26-2)10-20-22(17)18/h6-10,17,21H,3-5H2,1-2H3/t17-/m0/s1. The molecule has 2 aromatic rings. The number of benzene rings is 1. The number of carbonyl (C=O) groups is 2. The molecule has 0 bridgehead atoms. The minimum atomic E-state index is -0.460. The zero-order valence-electron chi connectivity index (χ0n) is 14.6. The molecule has 7 heteroatoms. The van der Waals surface area contributed by atoms with E-state index in [2.05, 4.69) is 10.4 Å². The van der Waals surface area contributed by atoms with Gasteiger partial charge in [-0.3, -0.25) is 4.79 Å². The van der Waals surface area contributed by atoms with Crippen LogP contribution in [0.25, 0.3) is 0 Å². The largest absolute Gasteiger partial charge is 0.497 e. The van der Waals surface area contributed by atoms with Gasteiger partial charge in [0, 0.05) is 17.7 Å². The van der Waals surface area contributed by atoms with Gasteiger partial charge in [-0.1, -0.05) is 12.1 Å². The van der Waals surface area contributed by atoms with Gasteiger partial charge in [-0.05, 0) is 30.5 Å². The third kappa shape index (κ3) is 2.47. The Hall–Kier alpha value is -3.09. The van der Waals surface area contributed by atoms with Crippen molar-refractivity contribution in [1.82, 2.24) is 9.78 Å². The summed E-state index contributed by atoms with van der Waals surface area (Å²) < 4.78 is 11.8. The highest BCUT2D eigenvalue weighted by atomic mass is 16.5. The SMILES string of the molecule is COC(=O)c1cnn2c1NC1=C(C(=O)CCC1)[C@@H]2c1ccc(OC)cc1. The molecule has 0 radical (unpaired) electrons. The number of nitrogens with one attached hydrogen (secondary N) is 1. The molecular weight excluding hydrogens is 334 g/mol. The Bertz CT molecular complexity index is 911. The number of hydrogen-bond donors (Lipinski definition) is 1. The molecule has 2 heterocycles. The minimum Gasteiger partial charge on any atom is -0.497 e. The highest BCUT2D eigenvalue weighted by molar-refractivity contribution is 6.01. The average Bonchev–Trinajstić information content (AvgIpc) is 3.09. The Morgan fingerprint density at radius 2 is 2.00 bits per heavy atom. The van der Waals surface area contributed by atoms with Gasteiger partial charge in [0.1, 0.15) is 23.2 Å². The average molecular weight is 353 g/mol. The first-order chi connectivity index (χ1) is 12.6. The third-order valence-corrected chi connectivity index (χ3v) is 4.88. The molecule has 4 rings (SSSR count). The van der Waals surface area contributed by atoms with Crippen molar-refractivity contribution in [3.8, 4) is 5.75 Å². The molecule has 0 saturated carbocycles. The molecule has 26 heavy (non-hydrogen) atoms. The highest BCUT2D eigenvalue weighted by Gasteiger charge is 2.37. The summed E-state index contributed by atoms with van der Waals surface area (Å²) in [5.74, 6) is 0.952. The first-order valence-electron chi connectivity index (χ1n) is 8.47. The van der Waals surface area contributed by atoms with Crippen LogP contribution in [0.3, 0.4) is 0 Å². The van der Waals surface area contributed by atoms with E-state index in [9.17, 15) is 9.59 Å². The molecule has 0 unspecified atom stereocenters. The summed E-state index contributed by atoms with van der Waals surface area (Å²) in [6.07, 6.45) is 3.56. The van der Waals surface area contributed by atoms with Crippen molar-refractivity contribution >= 4 is 17.6 Å². The lowest BCUT2D eigenvalue weighted by Gasteiger charge is -2.33. The first-order valence-corrected chi connectivity index (χ1v) is 8.47. The van der Waals surface area contributed by atoms with Crippen molar-refractivity contribution in [1.29, 1.82) is 0 Å². The Kier molecular flexibility index (Phi) is 3.99. The minimum absolute atomic E-state index is 0.111. The smallest absolute Gasteiger partial charge is 0.343 e. The first kappa shape index (κ1) is 16.4. The highest BCUT2D eigenvalue weighted by Crippen LogP contribution is 2.41. The van der Waals surface area contributed by atoms with E-state index in [1.165, 1.54) is 13.3 Å². The van der Waals surface area contributed by atoms with Crippen molar-refractivity contribution in [2.45, 2.75) is 25.3 Å². The van der Waals surface area contributed by atoms with Crippen LogP contribution < -0.4 is 10.1 Å². The molecule has 0 spiro atoms. The molecule has 1 aromatic heterocycles. The second kappa shape index (κ2) is 6.33. The maximum atomic E-state index is 12.7. The van der Waals surface area contributed by atoms with E-state index >= 15 is 0 Å². The Morgan fingerprint density at radius 3 is 2.69 bits per heavy atom. The fraction of sp³-hybridized carbons (Fsp3) is 0.316. The second-order valence-corrected chi connectivity index (χ2v) is 6.31. The van der Waals surface area contributed by atoms with Crippen molar-refractivity contribution in [3.05, 3.63) is 52.9 Å². The lowest BCUT2D eigenvalue weighted by Crippen LogP contribution is -2.31. The van der Waals surface area contributed by atoms with Crippen molar-refractivity contribution in [2.24, 2.45) is 0 Å². The van der Waals surface area contributed by atoms with Gasteiger partial charge in [-0.25, -0.2) is 9.48 Å². The normalized spacial score (nSPS) is 18.7. The number of hydrogen-bond acceptors (Lipinski definition) is 6. The molecule has 134 valence electrons. The number of nitrogens with zero attached hydrogens (tertiary/aromatic N) is 2. The molecule has 1 aliphatic heterocycles. The lowest BCUT2D eigenvalue weighted by molar-refractivity contribution is -0.116. The summed E-state index contributed by atoms with van der Waals surface area (Å²) in [4.78, 5) is 24.8. The van der Waals surface area contributed by atoms with Crippen molar-refractivity contribution < 1.29 is 19.1 Å². The van der Waals surface area contributed by atoms with Crippen LogP contribution in [0.1, 0.15) is 41.2 Å². The van der Waals surface area contributed by atoms with Gasteiger partial charge in [0.2, 0.25) is 0 Å². The monoisotopic (exact) mass is 353 g/mol. The number of allylic oxidation sites excluding steroid dienone is 2. The number of ketones is 1. The van der Waals surface area contributed by atoms with Gasteiger partial charge in [0.15, 0.2) is 5.78 Å². The third-order valence-electron chi connectivity index (χ3n) is 4.88. The second-order valence-electron chi connectivity index (χ2n) is 6.31. The van der Waals surface area contributed by atoms with Gasteiger partial charge >= 0.3 is 5.97 Å². The number of rotatable bonds is 3. The molecule has 1 aliphatic carbocycles. The van der Waals surface area contributed by atoms with E-state index in [1.807, 2.05) is 24.3 Å². The van der Waals surface area contributed by atoms with Crippen LogP contribution in [0.5, 0.6) is 5.75 Å². The van der Waals surface area contributed by atoms with E-state index in [0.717, 1.165) is 29.9 Å². The van der Waals surface area contributed by atoms with Gasteiger partial charge < -0.3 is 14.8 Å². The fourth-order valence-electron chi connectivity index (χ4n) is 3.61. The Morgan fingerprint density at radius 1 is 1.23 bits per heavy atom. The zero-order valence-corrected chi connectivity index (χ0v) is 14.6. The molecule has 1 atom stereocenters. The maximum Gasteiger partial charge on any atom is 0.343 e. The van der Waals surface area contributed by atoms with Gasteiger partial charge in [-0.2, -0.15) is 5.10 Å². The van der Waals surface area contributed by atoms with Crippen LogP contribution in [0, 0.1) is 0 Å². The predicted molar refractivity (Wildman–Crippen MR) is 94.2 cm³/mol. The number of Topliss-reactive ketones (excluding diaryl/α,β-unsaturated/α-hetero) is 1. The molecule has 2 aliphatic rings. The van der Waals surface area contributed by atoms with Crippen LogP contribution in [0.2, 0.25) is 0 Å². The number of carbonyl (C=O) groups excluding carboxylic acids is 2. The Balaban J connectivity index is 1.88. The number of anilines is 1. The number of fused-ring (bicyclic) bond motifs is 1. The lowest BCUT2D eigenvalue weighted by atomic mass is 9.85. The fourth-order valence-corrected chi connectivity index (χ4v) is 3.61. The van der Waals surface area contributed by atoms with Gasteiger partial charge in [0.05, 0.1) is 20.4 Å². The molecule has 7 nitrogen and oxygen atoms in total. The number of ether oxygens (including phenoxy) is 2. The topological polar surface area (TPSA) is 82.5 Å². The molecule has 0 amide bonds. The quantitative estimate of drug-likeness (QED) is 0.855. The summed E-state index contributed by atoms with van der Waals surface area (Å²) in [5, 5.41) is 7.64. The molecule has 0 fully saturated rings. The summed E-state index contributed by atoms with van der Waals surface area (Å²) in [6, 6.07) is 7.18. The molecular formula is C19H19N3O4. The molecule has 1 N–H and O–H groups in total. The molecule has 1 aromatic carbocycles. The molecule has 0 saturated heterocycles. The van der Waals surface area contributed by atoms with E-state index in [0.29, 0.717) is 23.4 Å². The van der Waals surface area contributed by atoms with Crippen LogP contribution in [-0.2, 0) is 9.53 Å². The van der Waals surface area contributed by atoms with Crippen LogP contribution in [0.15, 0.2) is 41.7 Å². The number of methoxy groups -OCH3 is 2. The van der Waals surface area contributed by atoms with E-state index in [1.54, 1.807) is 11.8 Å². The van der Waals surface area contributed by atoms with E-state index in [4.69, 9.17) is 9.47 Å². The van der Waals surface area contributed by atoms with Gasteiger partial charge in [-0.15, -0.1) is 0 Å².